The maximum atomic E-state index is 13.7. The average Bonchev–Trinajstić information content (AvgIpc) is 2.47. The summed E-state index contributed by atoms with van der Waals surface area (Å²) in [6.45, 7) is 1.59. The molecule has 5 nitrogen and oxygen atoms in total. The zero-order valence-corrected chi connectivity index (χ0v) is 13.6. The molecule has 1 aliphatic heterocycles. The standard InChI is InChI=1S/C13H19FN2O3S.ClH/c1-16(10-5-7-15-8-6-10)20(17,18)11-3-4-13(19-2)12(14)9-11;/h3-4,9-10,15H,5-8H2,1-2H3;1H. The van der Waals surface area contributed by atoms with Crippen LogP contribution >= 0.6 is 12.4 Å². The van der Waals surface area contributed by atoms with E-state index in [1.165, 1.54) is 23.5 Å². The fourth-order valence-corrected chi connectivity index (χ4v) is 3.77. The van der Waals surface area contributed by atoms with E-state index in [2.05, 4.69) is 5.32 Å². The van der Waals surface area contributed by atoms with Crippen molar-refractivity contribution in [3.05, 3.63) is 24.0 Å². The van der Waals surface area contributed by atoms with Crippen molar-refractivity contribution < 1.29 is 17.5 Å². The van der Waals surface area contributed by atoms with Crippen molar-refractivity contribution in [2.75, 3.05) is 27.2 Å². The van der Waals surface area contributed by atoms with Crippen molar-refractivity contribution in [3.63, 3.8) is 0 Å². The van der Waals surface area contributed by atoms with E-state index in [0.717, 1.165) is 32.0 Å². The van der Waals surface area contributed by atoms with Crippen molar-refractivity contribution in [1.82, 2.24) is 9.62 Å². The molecule has 120 valence electrons. The van der Waals surface area contributed by atoms with Gasteiger partial charge < -0.3 is 10.1 Å². The predicted molar refractivity (Wildman–Crippen MR) is 81.0 cm³/mol. The Hall–Kier alpha value is -0.890. The van der Waals surface area contributed by atoms with E-state index < -0.39 is 15.8 Å². The number of rotatable bonds is 4. The molecule has 21 heavy (non-hydrogen) atoms. The lowest BCUT2D eigenvalue weighted by Crippen LogP contribution is -2.43. The van der Waals surface area contributed by atoms with Gasteiger partial charge in [-0.2, -0.15) is 4.31 Å². The van der Waals surface area contributed by atoms with Gasteiger partial charge in [0.25, 0.3) is 0 Å². The number of piperidine rings is 1. The second-order valence-corrected chi connectivity index (χ2v) is 6.80. The minimum absolute atomic E-state index is 0. The third-order valence-electron chi connectivity index (χ3n) is 3.62. The van der Waals surface area contributed by atoms with Gasteiger partial charge in [-0.3, -0.25) is 0 Å². The summed E-state index contributed by atoms with van der Waals surface area (Å²) in [4.78, 5) is -0.0446. The number of nitrogens with zero attached hydrogens (tertiary/aromatic N) is 1. The van der Waals surface area contributed by atoms with Crippen LogP contribution in [0.15, 0.2) is 23.1 Å². The van der Waals surface area contributed by atoms with Gasteiger partial charge in [-0.1, -0.05) is 0 Å². The summed E-state index contributed by atoms with van der Waals surface area (Å²) in [5, 5.41) is 3.19. The molecule has 1 aromatic rings. The molecule has 1 heterocycles. The molecule has 0 spiro atoms. The highest BCUT2D eigenvalue weighted by molar-refractivity contribution is 7.89. The molecule has 0 saturated carbocycles. The van der Waals surface area contributed by atoms with Crippen molar-refractivity contribution in [2.45, 2.75) is 23.8 Å². The Bertz CT molecular complexity index is 577. The van der Waals surface area contributed by atoms with Crippen LogP contribution in [0.25, 0.3) is 0 Å². The fourth-order valence-electron chi connectivity index (χ4n) is 2.34. The number of sulfonamides is 1. The number of ether oxygens (including phenoxy) is 1. The summed E-state index contributed by atoms with van der Waals surface area (Å²) < 4.78 is 44.8. The second kappa shape index (κ2) is 7.40. The molecule has 0 aromatic heterocycles. The number of hydrogen-bond donors (Lipinski definition) is 1. The van der Waals surface area contributed by atoms with E-state index in [1.54, 1.807) is 7.05 Å². The molecule has 0 bridgehead atoms. The van der Waals surface area contributed by atoms with Gasteiger partial charge in [-0.05, 0) is 44.1 Å². The van der Waals surface area contributed by atoms with Gasteiger partial charge in [0, 0.05) is 13.1 Å². The molecule has 8 heteroatoms. The van der Waals surface area contributed by atoms with E-state index in [1.807, 2.05) is 0 Å². The largest absolute Gasteiger partial charge is 0.494 e. The van der Waals surface area contributed by atoms with Crippen molar-refractivity contribution in [1.29, 1.82) is 0 Å². The van der Waals surface area contributed by atoms with Crippen LogP contribution in [0.5, 0.6) is 5.75 Å². The summed E-state index contributed by atoms with van der Waals surface area (Å²) in [5.41, 5.74) is 0. The van der Waals surface area contributed by atoms with E-state index in [9.17, 15) is 12.8 Å². The predicted octanol–water partition coefficient (Wildman–Crippen LogP) is 1.63. The SMILES string of the molecule is COc1ccc(S(=O)(=O)N(C)C2CCNCC2)cc1F.Cl. The highest BCUT2D eigenvalue weighted by Gasteiger charge is 2.29. The van der Waals surface area contributed by atoms with Gasteiger partial charge in [0.15, 0.2) is 11.6 Å². The lowest BCUT2D eigenvalue weighted by Gasteiger charge is -2.30. The third-order valence-corrected chi connectivity index (χ3v) is 5.53. The van der Waals surface area contributed by atoms with Crippen LogP contribution in [0.4, 0.5) is 4.39 Å². The summed E-state index contributed by atoms with van der Waals surface area (Å²) in [5.74, 6) is -0.638. The first-order valence-electron chi connectivity index (χ1n) is 6.49. The topological polar surface area (TPSA) is 58.6 Å². The Morgan fingerprint density at radius 1 is 1.33 bits per heavy atom. The smallest absolute Gasteiger partial charge is 0.243 e. The third kappa shape index (κ3) is 3.85. The molecular formula is C13H20ClFN2O3S. The first-order valence-corrected chi connectivity index (χ1v) is 7.93. The minimum atomic E-state index is -3.68. The summed E-state index contributed by atoms with van der Waals surface area (Å²) in [7, 11) is -0.786. The molecule has 1 aromatic carbocycles. The molecule has 2 rings (SSSR count). The Kier molecular flexibility index (Phi) is 6.40. The van der Waals surface area contributed by atoms with Gasteiger partial charge in [-0.15, -0.1) is 12.4 Å². The van der Waals surface area contributed by atoms with Gasteiger partial charge in [0.05, 0.1) is 12.0 Å². The second-order valence-electron chi connectivity index (χ2n) is 4.80. The van der Waals surface area contributed by atoms with Gasteiger partial charge in [0.2, 0.25) is 10.0 Å². The van der Waals surface area contributed by atoms with Gasteiger partial charge in [0.1, 0.15) is 0 Å². The van der Waals surface area contributed by atoms with E-state index in [0.29, 0.717) is 0 Å². The Labute approximate surface area is 130 Å². The fraction of sp³-hybridized carbons (Fsp3) is 0.538. The number of nitrogens with one attached hydrogen (secondary N) is 1. The molecule has 0 amide bonds. The normalized spacial score (nSPS) is 16.6. The Balaban J connectivity index is 0.00000220. The van der Waals surface area contributed by atoms with E-state index >= 15 is 0 Å². The Morgan fingerprint density at radius 3 is 2.48 bits per heavy atom. The highest BCUT2D eigenvalue weighted by atomic mass is 35.5. The zero-order valence-electron chi connectivity index (χ0n) is 12.0. The van der Waals surface area contributed by atoms with Crippen LogP contribution < -0.4 is 10.1 Å². The highest BCUT2D eigenvalue weighted by Crippen LogP contribution is 2.25. The minimum Gasteiger partial charge on any atom is -0.494 e. The molecule has 0 atom stereocenters. The molecule has 1 N–H and O–H groups in total. The zero-order chi connectivity index (χ0) is 14.8. The van der Waals surface area contributed by atoms with Crippen LogP contribution in [0, 0.1) is 5.82 Å². The molecule has 0 radical (unpaired) electrons. The number of halogens is 2. The summed E-state index contributed by atoms with van der Waals surface area (Å²) in [6.07, 6.45) is 1.52. The molecule has 0 aliphatic carbocycles. The van der Waals surface area contributed by atoms with Crippen LogP contribution in [-0.4, -0.2) is 46.0 Å². The molecule has 0 unspecified atom stereocenters. The molecule has 1 fully saturated rings. The summed E-state index contributed by atoms with van der Waals surface area (Å²) >= 11 is 0. The van der Waals surface area contributed by atoms with Crippen molar-refractivity contribution in [3.8, 4) is 5.75 Å². The number of methoxy groups -OCH3 is 1. The molecule has 1 saturated heterocycles. The molecule has 1 aliphatic rings. The first-order chi connectivity index (χ1) is 9.46. The quantitative estimate of drug-likeness (QED) is 0.906. The van der Waals surface area contributed by atoms with Crippen LogP contribution in [0.1, 0.15) is 12.8 Å². The van der Waals surface area contributed by atoms with Crippen molar-refractivity contribution >= 4 is 22.4 Å². The number of benzene rings is 1. The maximum Gasteiger partial charge on any atom is 0.243 e. The van der Waals surface area contributed by atoms with Crippen LogP contribution in [0.2, 0.25) is 0 Å². The van der Waals surface area contributed by atoms with Crippen LogP contribution in [0.3, 0.4) is 0 Å². The van der Waals surface area contributed by atoms with Crippen LogP contribution in [-0.2, 0) is 10.0 Å². The van der Waals surface area contributed by atoms with Crippen molar-refractivity contribution in [2.24, 2.45) is 0 Å². The van der Waals surface area contributed by atoms with E-state index in [4.69, 9.17) is 4.74 Å². The maximum absolute atomic E-state index is 13.7. The monoisotopic (exact) mass is 338 g/mol. The number of hydrogen-bond acceptors (Lipinski definition) is 4. The van der Waals surface area contributed by atoms with Gasteiger partial charge >= 0.3 is 0 Å². The molecular weight excluding hydrogens is 319 g/mol. The lowest BCUT2D eigenvalue weighted by atomic mass is 10.1. The van der Waals surface area contributed by atoms with E-state index in [-0.39, 0.29) is 29.1 Å². The first kappa shape index (κ1) is 18.2. The Morgan fingerprint density at radius 2 is 1.95 bits per heavy atom. The average molecular weight is 339 g/mol. The lowest BCUT2D eigenvalue weighted by molar-refractivity contribution is 0.296. The van der Waals surface area contributed by atoms with Gasteiger partial charge in [-0.25, -0.2) is 12.8 Å². The summed E-state index contributed by atoms with van der Waals surface area (Å²) in [6, 6.07) is 3.66.